The highest BCUT2D eigenvalue weighted by Gasteiger charge is 2.28. The number of nitrogens with zero attached hydrogens (tertiary/aromatic N) is 1. The number of aromatic nitrogens is 1. The lowest BCUT2D eigenvalue weighted by molar-refractivity contribution is -0.123. The number of hydrogen-bond acceptors (Lipinski definition) is 5. The normalized spacial score (nSPS) is 20.4. The Morgan fingerprint density at radius 2 is 2.04 bits per heavy atom. The number of anilines is 1. The lowest BCUT2D eigenvalue weighted by Gasteiger charge is -2.29. The van der Waals surface area contributed by atoms with Crippen LogP contribution in [-0.4, -0.2) is 36.2 Å². The average molecular weight is 327 g/mol. The summed E-state index contributed by atoms with van der Waals surface area (Å²) in [4.78, 5) is 16.3. The minimum absolute atomic E-state index is 0.0901. The van der Waals surface area contributed by atoms with Gasteiger partial charge in [-0.1, -0.05) is 0 Å². The number of carbonyl (C=O) groups excluding carboxylic acids is 1. The molecule has 1 amide bonds. The highest BCUT2D eigenvalue weighted by Crippen LogP contribution is 2.18. The maximum atomic E-state index is 12.3. The number of rotatable bonds is 5. The van der Waals surface area contributed by atoms with E-state index in [4.69, 9.17) is 9.47 Å². The molecule has 6 heteroatoms. The molecule has 2 atom stereocenters. The third kappa shape index (κ3) is 4.31. The van der Waals surface area contributed by atoms with Crippen molar-refractivity contribution in [1.82, 2.24) is 10.3 Å². The van der Waals surface area contributed by atoms with Crippen molar-refractivity contribution in [2.24, 2.45) is 0 Å². The molecule has 126 valence electrons. The molecule has 0 bridgehead atoms. The summed E-state index contributed by atoms with van der Waals surface area (Å²) in [6, 6.07) is 10.8. The third-order valence-corrected chi connectivity index (χ3v) is 3.88. The van der Waals surface area contributed by atoms with Crippen molar-refractivity contribution in [3.8, 4) is 5.75 Å². The van der Waals surface area contributed by atoms with Gasteiger partial charge in [0.2, 0.25) is 5.91 Å². The van der Waals surface area contributed by atoms with Crippen molar-refractivity contribution in [3.05, 3.63) is 54.4 Å². The molecule has 1 aliphatic heterocycles. The largest absolute Gasteiger partial charge is 0.489 e. The lowest BCUT2D eigenvalue weighted by atomic mass is 10.1. The molecule has 24 heavy (non-hydrogen) atoms. The number of nitrogens with one attached hydrogen (secondary N) is 2. The summed E-state index contributed by atoms with van der Waals surface area (Å²) in [6.07, 6.45) is 3.34. The van der Waals surface area contributed by atoms with E-state index in [1.807, 2.05) is 43.3 Å². The second kappa shape index (κ2) is 7.90. The van der Waals surface area contributed by atoms with Crippen LogP contribution in [-0.2, 0) is 16.1 Å². The molecule has 0 unspecified atom stereocenters. The number of carbonyl (C=O) groups is 1. The van der Waals surface area contributed by atoms with E-state index >= 15 is 0 Å². The molecule has 1 fully saturated rings. The Labute approximate surface area is 141 Å². The molecule has 0 radical (unpaired) electrons. The van der Waals surface area contributed by atoms with E-state index in [2.05, 4.69) is 15.6 Å². The van der Waals surface area contributed by atoms with E-state index in [9.17, 15) is 4.79 Å². The fraction of sp³-hybridized carbons (Fsp3) is 0.333. The molecular formula is C18H21N3O3. The SMILES string of the molecule is C[C@H]1OCCN[C@@H]1C(=O)Nc1ccc(OCc2ccncc2)cc1. The number of benzene rings is 1. The van der Waals surface area contributed by atoms with Gasteiger partial charge in [-0.25, -0.2) is 0 Å². The Bertz CT molecular complexity index is 661. The molecule has 1 aromatic carbocycles. The molecule has 0 saturated carbocycles. The first-order valence-corrected chi connectivity index (χ1v) is 8.00. The minimum Gasteiger partial charge on any atom is -0.489 e. The second-order valence-corrected chi connectivity index (χ2v) is 5.67. The minimum atomic E-state index is -0.332. The Hall–Kier alpha value is -2.44. The standard InChI is InChI=1S/C18H21N3O3/c1-13-17(20-10-11-23-13)18(22)21-15-2-4-16(5-3-15)24-12-14-6-8-19-9-7-14/h2-9,13,17,20H,10-12H2,1H3,(H,21,22)/t13-,17+/m1/s1. The Balaban J connectivity index is 1.53. The third-order valence-electron chi connectivity index (χ3n) is 3.88. The van der Waals surface area contributed by atoms with Crippen molar-refractivity contribution in [1.29, 1.82) is 0 Å². The van der Waals surface area contributed by atoms with E-state index in [-0.39, 0.29) is 18.1 Å². The first kappa shape index (κ1) is 16.4. The van der Waals surface area contributed by atoms with Crippen molar-refractivity contribution >= 4 is 11.6 Å². The highest BCUT2D eigenvalue weighted by atomic mass is 16.5. The Kier molecular flexibility index (Phi) is 5.40. The van der Waals surface area contributed by atoms with Crippen LogP contribution in [0.3, 0.4) is 0 Å². The summed E-state index contributed by atoms with van der Waals surface area (Å²) in [5.74, 6) is 0.657. The summed E-state index contributed by atoms with van der Waals surface area (Å²) >= 11 is 0. The second-order valence-electron chi connectivity index (χ2n) is 5.67. The van der Waals surface area contributed by atoms with Gasteiger partial charge in [0.25, 0.3) is 0 Å². The van der Waals surface area contributed by atoms with Gasteiger partial charge < -0.3 is 20.1 Å². The monoisotopic (exact) mass is 327 g/mol. The molecule has 1 saturated heterocycles. The van der Waals surface area contributed by atoms with Gasteiger partial charge in [0.05, 0.1) is 12.7 Å². The van der Waals surface area contributed by atoms with Crippen LogP contribution < -0.4 is 15.4 Å². The van der Waals surface area contributed by atoms with Crippen LogP contribution in [0.1, 0.15) is 12.5 Å². The summed E-state index contributed by atoms with van der Waals surface area (Å²) in [5.41, 5.74) is 1.79. The van der Waals surface area contributed by atoms with Gasteiger partial charge >= 0.3 is 0 Å². The van der Waals surface area contributed by atoms with E-state index in [1.54, 1.807) is 12.4 Å². The van der Waals surface area contributed by atoms with Gasteiger partial charge in [-0.15, -0.1) is 0 Å². The van der Waals surface area contributed by atoms with Gasteiger partial charge in [-0.2, -0.15) is 0 Å². The molecule has 1 aliphatic rings. The van der Waals surface area contributed by atoms with Gasteiger partial charge in [-0.05, 0) is 48.9 Å². The summed E-state index contributed by atoms with van der Waals surface area (Å²) < 4.78 is 11.2. The molecule has 2 heterocycles. The summed E-state index contributed by atoms with van der Waals surface area (Å²) in [5, 5.41) is 6.07. The van der Waals surface area contributed by atoms with Crippen LogP contribution >= 0.6 is 0 Å². The molecule has 3 rings (SSSR count). The number of hydrogen-bond donors (Lipinski definition) is 2. The molecule has 0 aliphatic carbocycles. The van der Waals surface area contributed by atoms with Crippen molar-refractivity contribution in [2.75, 3.05) is 18.5 Å². The van der Waals surface area contributed by atoms with E-state index < -0.39 is 0 Å². The van der Waals surface area contributed by atoms with Gasteiger partial charge in [0.1, 0.15) is 18.4 Å². The van der Waals surface area contributed by atoms with Crippen LogP contribution in [0, 0.1) is 0 Å². The smallest absolute Gasteiger partial charge is 0.244 e. The van der Waals surface area contributed by atoms with Crippen molar-refractivity contribution in [3.63, 3.8) is 0 Å². The van der Waals surface area contributed by atoms with E-state index in [1.165, 1.54) is 0 Å². The zero-order chi connectivity index (χ0) is 16.8. The Morgan fingerprint density at radius 1 is 1.29 bits per heavy atom. The van der Waals surface area contributed by atoms with Gasteiger partial charge in [0.15, 0.2) is 0 Å². The fourth-order valence-electron chi connectivity index (χ4n) is 2.53. The van der Waals surface area contributed by atoms with Gasteiger partial charge in [-0.3, -0.25) is 9.78 Å². The predicted molar refractivity (Wildman–Crippen MR) is 90.8 cm³/mol. The first-order chi connectivity index (χ1) is 11.7. The van der Waals surface area contributed by atoms with Crippen molar-refractivity contribution < 1.29 is 14.3 Å². The molecule has 2 aromatic rings. The number of ether oxygens (including phenoxy) is 2. The molecule has 6 nitrogen and oxygen atoms in total. The summed E-state index contributed by atoms with van der Waals surface area (Å²) in [7, 11) is 0. The number of morpholine rings is 1. The van der Waals surface area contributed by atoms with Crippen LogP contribution in [0.5, 0.6) is 5.75 Å². The highest BCUT2D eigenvalue weighted by molar-refractivity contribution is 5.95. The summed E-state index contributed by atoms with van der Waals surface area (Å²) in [6.45, 7) is 3.69. The zero-order valence-electron chi connectivity index (χ0n) is 13.6. The van der Waals surface area contributed by atoms with Crippen molar-refractivity contribution in [2.45, 2.75) is 25.7 Å². The van der Waals surface area contributed by atoms with E-state index in [0.717, 1.165) is 17.0 Å². The number of pyridine rings is 1. The van der Waals surface area contributed by atoms with Crippen LogP contribution in [0.25, 0.3) is 0 Å². The maximum Gasteiger partial charge on any atom is 0.244 e. The van der Waals surface area contributed by atoms with Crippen LogP contribution in [0.4, 0.5) is 5.69 Å². The quantitative estimate of drug-likeness (QED) is 0.878. The first-order valence-electron chi connectivity index (χ1n) is 8.00. The van der Waals surface area contributed by atoms with E-state index in [0.29, 0.717) is 19.8 Å². The number of amides is 1. The molecule has 2 N–H and O–H groups in total. The molecule has 0 spiro atoms. The van der Waals surface area contributed by atoms with Gasteiger partial charge in [0, 0.05) is 24.6 Å². The molecule has 1 aromatic heterocycles. The van der Waals surface area contributed by atoms with Crippen LogP contribution in [0.2, 0.25) is 0 Å². The van der Waals surface area contributed by atoms with Crippen LogP contribution in [0.15, 0.2) is 48.8 Å². The topological polar surface area (TPSA) is 72.5 Å². The average Bonchev–Trinajstić information content (AvgIpc) is 2.62. The maximum absolute atomic E-state index is 12.3. The predicted octanol–water partition coefficient (Wildman–Crippen LogP) is 1.98. The fourth-order valence-corrected chi connectivity index (χ4v) is 2.53. The molecular weight excluding hydrogens is 306 g/mol. The Morgan fingerprint density at radius 3 is 2.75 bits per heavy atom. The lowest BCUT2D eigenvalue weighted by Crippen LogP contribution is -2.53. The zero-order valence-corrected chi connectivity index (χ0v) is 13.6.